The summed E-state index contributed by atoms with van der Waals surface area (Å²) in [5.74, 6) is -0.380. The van der Waals surface area contributed by atoms with Crippen LogP contribution >= 0.6 is 11.6 Å². The minimum absolute atomic E-state index is 0.144. The average molecular weight is 339 g/mol. The highest BCUT2D eigenvalue weighted by Gasteiger charge is 2.37. The Morgan fingerprint density at radius 2 is 1.83 bits per heavy atom. The first-order valence-electron chi connectivity index (χ1n) is 8.07. The van der Waals surface area contributed by atoms with Gasteiger partial charge in [0.25, 0.3) is 0 Å². The quantitative estimate of drug-likeness (QED) is 0.739. The smallest absolute Gasteiger partial charge is 0.237 e. The highest BCUT2D eigenvalue weighted by atomic mass is 35.5. The van der Waals surface area contributed by atoms with E-state index in [9.17, 15) is 9.59 Å². The van der Waals surface area contributed by atoms with Crippen molar-refractivity contribution in [3.63, 3.8) is 0 Å². The molecule has 23 heavy (non-hydrogen) atoms. The lowest BCUT2D eigenvalue weighted by molar-refractivity contribution is -0.147. The maximum absolute atomic E-state index is 12.4. The Morgan fingerprint density at radius 3 is 2.39 bits per heavy atom. The van der Waals surface area contributed by atoms with Crippen LogP contribution < -0.4 is 5.32 Å². The molecule has 2 amide bonds. The molecule has 0 saturated heterocycles. The number of rotatable bonds is 8. The van der Waals surface area contributed by atoms with Crippen LogP contribution in [0.5, 0.6) is 0 Å². The summed E-state index contributed by atoms with van der Waals surface area (Å²) in [6.45, 7) is 6.60. The van der Waals surface area contributed by atoms with Crippen LogP contribution in [0, 0.1) is 5.41 Å². The van der Waals surface area contributed by atoms with Gasteiger partial charge in [-0.3, -0.25) is 9.59 Å². The Morgan fingerprint density at radius 1 is 1.22 bits per heavy atom. The molecule has 128 valence electrons. The Balaban J connectivity index is 2.51. The van der Waals surface area contributed by atoms with E-state index in [1.807, 2.05) is 24.3 Å². The molecule has 0 atom stereocenters. The molecular weight excluding hydrogens is 312 g/mol. The number of benzene rings is 1. The van der Waals surface area contributed by atoms with Crippen molar-refractivity contribution < 1.29 is 9.59 Å². The summed E-state index contributed by atoms with van der Waals surface area (Å²) < 4.78 is 0. The number of hydrogen-bond acceptors (Lipinski definition) is 2. The molecule has 1 aromatic rings. The summed E-state index contributed by atoms with van der Waals surface area (Å²) in [6, 6.07) is 7.52. The predicted octanol–water partition coefficient (Wildman–Crippen LogP) is 3.28. The second-order valence-corrected chi connectivity index (χ2v) is 6.77. The van der Waals surface area contributed by atoms with Gasteiger partial charge in [0.2, 0.25) is 11.8 Å². The third kappa shape index (κ3) is 5.87. The fraction of sp³-hybridized carbons (Fsp3) is 0.556. The molecule has 0 aromatic heterocycles. The molecule has 0 saturated carbocycles. The number of nitrogens with zero attached hydrogens (tertiary/aromatic N) is 1. The van der Waals surface area contributed by atoms with Gasteiger partial charge in [-0.15, -0.1) is 0 Å². The number of nitrogens with one attached hydrogen (secondary N) is 1. The van der Waals surface area contributed by atoms with Crippen molar-refractivity contribution in [1.29, 1.82) is 0 Å². The van der Waals surface area contributed by atoms with Crippen molar-refractivity contribution in [1.82, 2.24) is 10.2 Å². The molecule has 0 heterocycles. The molecule has 5 heteroatoms. The van der Waals surface area contributed by atoms with Gasteiger partial charge in [0.15, 0.2) is 0 Å². The largest absolute Gasteiger partial charge is 0.355 e. The van der Waals surface area contributed by atoms with Crippen LogP contribution in [0.2, 0.25) is 5.02 Å². The summed E-state index contributed by atoms with van der Waals surface area (Å²) in [7, 11) is 1.75. The maximum Gasteiger partial charge on any atom is 0.237 e. The molecule has 0 spiro atoms. The average Bonchev–Trinajstić information content (AvgIpc) is 2.53. The van der Waals surface area contributed by atoms with E-state index in [4.69, 9.17) is 11.6 Å². The van der Waals surface area contributed by atoms with E-state index < -0.39 is 5.41 Å². The minimum atomic E-state index is -1.05. The lowest BCUT2D eigenvalue weighted by atomic mass is 9.90. The lowest BCUT2D eigenvalue weighted by Gasteiger charge is -2.28. The number of carbonyl (C=O) groups is 2. The molecule has 1 N–H and O–H groups in total. The number of carbonyl (C=O) groups excluding carboxylic acids is 2. The van der Waals surface area contributed by atoms with Crippen molar-refractivity contribution in [3.05, 3.63) is 34.9 Å². The zero-order chi connectivity index (χ0) is 17.5. The van der Waals surface area contributed by atoms with Gasteiger partial charge >= 0.3 is 0 Å². The second-order valence-electron chi connectivity index (χ2n) is 6.34. The lowest BCUT2D eigenvalue weighted by Crippen LogP contribution is -2.49. The van der Waals surface area contributed by atoms with E-state index in [1.165, 1.54) is 0 Å². The molecule has 4 nitrogen and oxygen atoms in total. The van der Waals surface area contributed by atoms with Crippen molar-refractivity contribution >= 4 is 23.4 Å². The number of unbranched alkanes of at least 4 members (excludes halogenated alkanes) is 1. The van der Waals surface area contributed by atoms with Crippen LogP contribution in [-0.2, 0) is 16.0 Å². The molecule has 0 unspecified atom stereocenters. The first-order chi connectivity index (χ1) is 10.8. The maximum atomic E-state index is 12.4. The third-order valence-electron chi connectivity index (χ3n) is 3.91. The van der Waals surface area contributed by atoms with Gasteiger partial charge in [-0.2, -0.15) is 0 Å². The van der Waals surface area contributed by atoms with Crippen LogP contribution in [0.3, 0.4) is 0 Å². The summed E-state index contributed by atoms with van der Waals surface area (Å²) >= 11 is 5.84. The van der Waals surface area contributed by atoms with Crippen molar-refractivity contribution in [2.24, 2.45) is 5.41 Å². The molecule has 0 fully saturated rings. The van der Waals surface area contributed by atoms with Crippen molar-refractivity contribution in [2.45, 2.75) is 40.0 Å². The molecule has 0 radical (unpaired) electrons. The van der Waals surface area contributed by atoms with E-state index in [2.05, 4.69) is 12.2 Å². The predicted molar refractivity (Wildman–Crippen MR) is 94.5 cm³/mol. The van der Waals surface area contributed by atoms with Crippen molar-refractivity contribution in [3.8, 4) is 0 Å². The van der Waals surface area contributed by atoms with Crippen LogP contribution in [0.1, 0.15) is 39.2 Å². The van der Waals surface area contributed by atoms with Crippen LogP contribution in [0.25, 0.3) is 0 Å². The minimum Gasteiger partial charge on any atom is -0.355 e. The van der Waals surface area contributed by atoms with E-state index in [1.54, 1.807) is 25.8 Å². The molecule has 0 aliphatic heterocycles. The third-order valence-corrected chi connectivity index (χ3v) is 4.16. The van der Waals surface area contributed by atoms with Gasteiger partial charge in [-0.1, -0.05) is 37.1 Å². The van der Waals surface area contributed by atoms with Gasteiger partial charge in [-0.05, 0) is 44.4 Å². The summed E-state index contributed by atoms with van der Waals surface area (Å²) in [4.78, 5) is 26.4. The van der Waals surface area contributed by atoms with Gasteiger partial charge in [0.05, 0.1) is 0 Å². The fourth-order valence-corrected chi connectivity index (χ4v) is 2.39. The Labute approximate surface area is 144 Å². The molecule has 0 aliphatic carbocycles. The Bertz CT molecular complexity index is 526. The van der Waals surface area contributed by atoms with Gasteiger partial charge in [-0.25, -0.2) is 0 Å². The van der Waals surface area contributed by atoms with E-state index >= 15 is 0 Å². The molecule has 0 aliphatic rings. The SMILES string of the molecule is CCCCN(C)C(=O)C(C)(C)C(=O)NCCc1ccc(Cl)cc1. The highest BCUT2D eigenvalue weighted by Crippen LogP contribution is 2.19. The summed E-state index contributed by atoms with van der Waals surface area (Å²) in [6.07, 6.45) is 2.67. The first-order valence-corrected chi connectivity index (χ1v) is 8.45. The number of amides is 2. The summed E-state index contributed by atoms with van der Waals surface area (Å²) in [5.41, 5.74) is 0.0431. The van der Waals surface area contributed by atoms with E-state index in [0.717, 1.165) is 18.4 Å². The highest BCUT2D eigenvalue weighted by molar-refractivity contribution is 6.30. The molecule has 1 aromatic carbocycles. The van der Waals surface area contributed by atoms with Gasteiger partial charge in [0, 0.05) is 25.2 Å². The monoisotopic (exact) mass is 338 g/mol. The zero-order valence-electron chi connectivity index (χ0n) is 14.5. The Kier molecular flexibility index (Phi) is 7.56. The Hall–Kier alpha value is -1.55. The second kappa shape index (κ2) is 8.92. The van der Waals surface area contributed by atoms with Gasteiger partial charge in [0.1, 0.15) is 5.41 Å². The summed E-state index contributed by atoms with van der Waals surface area (Å²) in [5, 5.41) is 3.55. The van der Waals surface area contributed by atoms with E-state index in [0.29, 0.717) is 24.5 Å². The van der Waals surface area contributed by atoms with E-state index in [-0.39, 0.29) is 11.8 Å². The van der Waals surface area contributed by atoms with Crippen LogP contribution in [0.4, 0.5) is 0 Å². The molecule has 1 rings (SSSR count). The first kappa shape index (κ1) is 19.5. The standard InChI is InChI=1S/C18H27ClN2O2/c1-5-6-13-21(4)17(23)18(2,3)16(22)20-12-11-14-7-9-15(19)10-8-14/h7-10H,5-6,11-13H2,1-4H3,(H,20,22). The zero-order valence-corrected chi connectivity index (χ0v) is 15.2. The topological polar surface area (TPSA) is 49.4 Å². The van der Waals surface area contributed by atoms with Gasteiger partial charge < -0.3 is 10.2 Å². The van der Waals surface area contributed by atoms with Crippen molar-refractivity contribution in [2.75, 3.05) is 20.1 Å². The molecular formula is C18H27ClN2O2. The number of hydrogen-bond donors (Lipinski definition) is 1. The number of halogens is 1. The van der Waals surface area contributed by atoms with Crippen LogP contribution in [-0.4, -0.2) is 36.9 Å². The normalized spacial score (nSPS) is 11.2. The molecule has 0 bridgehead atoms. The van der Waals surface area contributed by atoms with Crippen LogP contribution in [0.15, 0.2) is 24.3 Å². The fourth-order valence-electron chi connectivity index (χ4n) is 2.26.